The molecule has 1 aromatic heterocycles. The van der Waals surface area contributed by atoms with E-state index in [2.05, 4.69) is 4.98 Å². The van der Waals surface area contributed by atoms with Gasteiger partial charge in [-0.15, -0.1) is 0 Å². The lowest BCUT2D eigenvalue weighted by Gasteiger charge is -2.03. The molecule has 82 valence electrons. The van der Waals surface area contributed by atoms with Gasteiger partial charge in [-0.25, -0.2) is 4.98 Å². The maximum atomic E-state index is 10.5. The Morgan fingerprint density at radius 3 is 2.44 bits per heavy atom. The van der Waals surface area contributed by atoms with E-state index in [4.69, 9.17) is 5.73 Å². The Balaban J connectivity index is 2.42. The van der Waals surface area contributed by atoms with Gasteiger partial charge in [-0.3, -0.25) is 10.1 Å². The molecule has 0 fully saturated rings. The van der Waals surface area contributed by atoms with E-state index >= 15 is 0 Å². The van der Waals surface area contributed by atoms with Gasteiger partial charge in [0.2, 0.25) is 0 Å². The molecule has 6 nitrogen and oxygen atoms in total. The van der Waals surface area contributed by atoms with Crippen LogP contribution in [0.5, 0.6) is 0 Å². The summed E-state index contributed by atoms with van der Waals surface area (Å²) in [5.41, 5.74) is 6.42. The predicted octanol–water partition coefficient (Wildman–Crippen LogP) is 1.67. The molecule has 0 saturated heterocycles. The molecule has 1 heterocycles. The number of anilines is 1. The van der Waals surface area contributed by atoms with E-state index in [-0.39, 0.29) is 5.69 Å². The minimum Gasteiger partial charge on any atom is -0.382 e. The Labute approximate surface area is 91.5 Å². The summed E-state index contributed by atoms with van der Waals surface area (Å²) < 4.78 is 1.78. The SMILES string of the molecule is Cc1nc(N)cn1-c1ccc([N+](=O)[O-])cc1. The summed E-state index contributed by atoms with van der Waals surface area (Å²) in [5, 5.41) is 10.5. The van der Waals surface area contributed by atoms with Gasteiger partial charge in [-0.1, -0.05) is 0 Å². The topological polar surface area (TPSA) is 87.0 Å². The van der Waals surface area contributed by atoms with Crippen molar-refractivity contribution in [1.29, 1.82) is 0 Å². The minimum atomic E-state index is -0.432. The predicted molar refractivity (Wildman–Crippen MR) is 59.4 cm³/mol. The fraction of sp³-hybridized carbons (Fsp3) is 0.100. The number of nitro groups is 1. The van der Waals surface area contributed by atoms with Gasteiger partial charge >= 0.3 is 0 Å². The maximum absolute atomic E-state index is 10.5. The molecule has 0 aliphatic carbocycles. The van der Waals surface area contributed by atoms with E-state index in [1.165, 1.54) is 12.1 Å². The Hall–Kier alpha value is -2.37. The lowest BCUT2D eigenvalue weighted by atomic mass is 10.3. The van der Waals surface area contributed by atoms with E-state index in [1.807, 2.05) is 6.92 Å². The van der Waals surface area contributed by atoms with Gasteiger partial charge < -0.3 is 10.3 Å². The molecule has 0 saturated carbocycles. The van der Waals surface area contributed by atoms with Crippen molar-refractivity contribution in [1.82, 2.24) is 9.55 Å². The molecule has 2 rings (SSSR count). The lowest BCUT2D eigenvalue weighted by Crippen LogP contribution is -1.95. The van der Waals surface area contributed by atoms with Gasteiger partial charge in [0.1, 0.15) is 11.6 Å². The molecule has 0 unspecified atom stereocenters. The van der Waals surface area contributed by atoms with Crippen molar-refractivity contribution in [2.45, 2.75) is 6.92 Å². The molecule has 0 amide bonds. The molecule has 0 radical (unpaired) electrons. The Bertz CT molecular complexity index is 530. The number of rotatable bonds is 2. The smallest absolute Gasteiger partial charge is 0.269 e. The van der Waals surface area contributed by atoms with Crippen LogP contribution in [0.4, 0.5) is 11.5 Å². The van der Waals surface area contributed by atoms with Crippen LogP contribution < -0.4 is 5.73 Å². The second-order valence-corrected chi connectivity index (χ2v) is 3.36. The van der Waals surface area contributed by atoms with Crippen molar-refractivity contribution in [3.8, 4) is 5.69 Å². The van der Waals surface area contributed by atoms with Crippen molar-refractivity contribution >= 4 is 11.5 Å². The zero-order valence-corrected chi connectivity index (χ0v) is 8.62. The summed E-state index contributed by atoms with van der Waals surface area (Å²) >= 11 is 0. The molecule has 0 aliphatic rings. The van der Waals surface area contributed by atoms with Crippen LogP contribution in [0, 0.1) is 17.0 Å². The zero-order valence-electron chi connectivity index (χ0n) is 8.62. The van der Waals surface area contributed by atoms with Crippen LogP contribution in [0.1, 0.15) is 5.82 Å². The fourth-order valence-corrected chi connectivity index (χ4v) is 1.49. The molecule has 6 heteroatoms. The third-order valence-electron chi connectivity index (χ3n) is 2.24. The third-order valence-corrected chi connectivity index (χ3v) is 2.24. The molecule has 0 bridgehead atoms. The monoisotopic (exact) mass is 218 g/mol. The number of nitrogens with zero attached hydrogens (tertiary/aromatic N) is 3. The molecule has 1 aromatic carbocycles. The van der Waals surface area contributed by atoms with E-state index in [0.717, 1.165) is 11.5 Å². The number of non-ortho nitro benzene ring substituents is 1. The molecular formula is C10H10N4O2. The lowest BCUT2D eigenvalue weighted by molar-refractivity contribution is -0.384. The molecule has 2 N–H and O–H groups in total. The van der Waals surface area contributed by atoms with Crippen molar-refractivity contribution in [3.63, 3.8) is 0 Å². The number of nitro benzene ring substituents is 1. The third kappa shape index (κ3) is 1.72. The van der Waals surface area contributed by atoms with Crippen LogP contribution in [0.3, 0.4) is 0 Å². The van der Waals surface area contributed by atoms with Crippen molar-refractivity contribution < 1.29 is 4.92 Å². The zero-order chi connectivity index (χ0) is 11.7. The molecule has 2 aromatic rings. The standard InChI is InChI=1S/C10H10N4O2/c1-7-12-10(11)6-13(7)8-2-4-9(5-3-8)14(15)16/h2-6H,11H2,1H3. The highest BCUT2D eigenvalue weighted by Crippen LogP contribution is 2.17. The first kappa shape index (κ1) is 10.2. The fourth-order valence-electron chi connectivity index (χ4n) is 1.49. The van der Waals surface area contributed by atoms with Crippen LogP contribution in [0.25, 0.3) is 5.69 Å². The average Bonchev–Trinajstić information content (AvgIpc) is 2.58. The number of nitrogen functional groups attached to an aromatic ring is 1. The van der Waals surface area contributed by atoms with Gasteiger partial charge in [-0.05, 0) is 19.1 Å². The second-order valence-electron chi connectivity index (χ2n) is 3.36. The summed E-state index contributed by atoms with van der Waals surface area (Å²) in [6.07, 6.45) is 1.68. The molecular weight excluding hydrogens is 208 g/mol. The second kappa shape index (κ2) is 3.65. The van der Waals surface area contributed by atoms with Crippen LogP contribution in [0.2, 0.25) is 0 Å². The van der Waals surface area contributed by atoms with E-state index in [1.54, 1.807) is 22.9 Å². The Morgan fingerprint density at radius 2 is 2.00 bits per heavy atom. The first-order valence-electron chi connectivity index (χ1n) is 4.64. The molecule has 0 aliphatic heterocycles. The summed E-state index contributed by atoms with van der Waals surface area (Å²) in [7, 11) is 0. The maximum Gasteiger partial charge on any atom is 0.269 e. The number of aromatic nitrogens is 2. The van der Waals surface area contributed by atoms with Gasteiger partial charge in [0.25, 0.3) is 5.69 Å². The number of hydrogen-bond acceptors (Lipinski definition) is 4. The molecule has 0 atom stereocenters. The normalized spacial score (nSPS) is 10.3. The number of hydrogen-bond donors (Lipinski definition) is 1. The highest BCUT2D eigenvalue weighted by Gasteiger charge is 2.07. The molecule has 0 spiro atoms. The first-order chi connectivity index (χ1) is 7.58. The Morgan fingerprint density at radius 1 is 1.38 bits per heavy atom. The number of benzene rings is 1. The van der Waals surface area contributed by atoms with Gasteiger partial charge in [0.15, 0.2) is 0 Å². The minimum absolute atomic E-state index is 0.0643. The van der Waals surface area contributed by atoms with Crippen molar-refractivity contribution in [3.05, 3.63) is 46.4 Å². The largest absolute Gasteiger partial charge is 0.382 e. The summed E-state index contributed by atoms with van der Waals surface area (Å²) in [6.45, 7) is 1.82. The number of nitrogens with two attached hydrogens (primary N) is 1. The van der Waals surface area contributed by atoms with Crippen LogP contribution in [0.15, 0.2) is 30.5 Å². The van der Waals surface area contributed by atoms with Gasteiger partial charge in [0.05, 0.1) is 11.1 Å². The Kier molecular flexibility index (Phi) is 2.32. The van der Waals surface area contributed by atoms with Gasteiger partial charge in [-0.2, -0.15) is 0 Å². The quantitative estimate of drug-likeness (QED) is 0.613. The highest BCUT2D eigenvalue weighted by molar-refractivity contribution is 5.43. The summed E-state index contributed by atoms with van der Waals surface area (Å²) in [5.74, 6) is 1.17. The van der Waals surface area contributed by atoms with Gasteiger partial charge in [0, 0.05) is 17.8 Å². The van der Waals surface area contributed by atoms with E-state index in [9.17, 15) is 10.1 Å². The van der Waals surface area contributed by atoms with Crippen LogP contribution in [-0.4, -0.2) is 14.5 Å². The summed E-state index contributed by atoms with van der Waals surface area (Å²) in [6, 6.07) is 6.22. The first-order valence-corrected chi connectivity index (χ1v) is 4.64. The average molecular weight is 218 g/mol. The van der Waals surface area contributed by atoms with Crippen LogP contribution in [-0.2, 0) is 0 Å². The number of aryl methyl sites for hydroxylation is 1. The summed E-state index contributed by atoms with van der Waals surface area (Å²) in [4.78, 5) is 14.1. The highest BCUT2D eigenvalue weighted by atomic mass is 16.6. The van der Waals surface area contributed by atoms with E-state index in [0.29, 0.717) is 5.82 Å². The number of imidazole rings is 1. The van der Waals surface area contributed by atoms with Crippen molar-refractivity contribution in [2.75, 3.05) is 5.73 Å². The van der Waals surface area contributed by atoms with Crippen LogP contribution >= 0.6 is 0 Å². The molecule has 16 heavy (non-hydrogen) atoms. The van der Waals surface area contributed by atoms with Crippen molar-refractivity contribution in [2.24, 2.45) is 0 Å². The van der Waals surface area contributed by atoms with E-state index < -0.39 is 4.92 Å².